The summed E-state index contributed by atoms with van der Waals surface area (Å²) in [6.45, 7) is 5.67. The molecule has 0 bridgehead atoms. The van der Waals surface area contributed by atoms with Crippen molar-refractivity contribution in [2.75, 3.05) is 26.3 Å². The van der Waals surface area contributed by atoms with Gasteiger partial charge in [0.25, 0.3) is 0 Å². The first kappa shape index (κ1) is 16.6. The fourth-order valence-electron chi connectivity index (χ4n) is 3.23. The van der Waals surface area contributed by atoms with Crippen LogP contribution in [0.2, 0.25) is 0 Å². The minimum absolute atomic E-state index is 0.234. The van der Waals surface area contributed by atoms with Crippen LogP contribution in [0.5, 0.6) is 11.5 Å². The lowest BCUT2D eigenvalue weighted by Gasteiger charge is -2.30. The Hall–Kier alpha value is -1.90. The predicted molar refractivity (Wildman–Crippen MR) is 94.3 cm³/mol. The van der Waals surface area contributed by atoms with Gasteiger partial charge >= 0.3 is 0 Å². The Morgan fingerprint density at radius 3 is 2.88 bits per heavy atom. The van der Waals surface area contributed by atoms with Crippen LogP contribution in [0.15, 0.2) is 24.3 Å². The topological polar surface area (TPSA) is 53.7 Å². The van der Waals surface area contributed by atoms with Gasteiger partial charge in [0.05, 0.1) is 19.4 Å². The molecule has 25 heavy (non-hydrogen) atoms. The van der Waals surface area contributed by atoms with E-state index in [0.29, 0.717) is 18.0 Å². The molecule has 2 unspecified atom stereocenters. The first-order chi connectivity index (χ1) is 12.1. The summed E-state index contributed by atoms with van der Waals surface area (Å²) >= 11 is 5.57. The molecule has 1 aromatic heterocycles. The highest BCUT2D eigenvalue weighted by molar-refractivity contribution is 7.71. The highest BCUT2D eigenvalue weighted by Crippen LogP contribution is 2.35. The zero-order valence-corrected chi connectivity index (χ0v) is 15.2. The number of nitrogens with zero attached hydrogens (tertiary/aromatic N) is 4. The fraction of sp³-hybridized carbons (Fsp3) is 0.529. The van der Waals surface area contributed by atoms with Gasteiger partial charge in [-0.1, -0.05) is 12.1 Å². The second-order valence-corrected chi connectivity index (χ2v) is 6.83. The molecule has 1 aromatic carbocycles. The SMILES string of the molecule is CC1CN(Cn2nc(C3COc4ccccc4O3)n(C)c2=S)CCO1. The maximum atomic E-state index is 6.07. The molecule has 8 heteroatoms. The molecular weight excluding hydrogens is 340 g/mol. The Morgan fingerprint density at radius 1 is 1.28 bits per heavy atom. The van der Waals surface area contributed by atoms with E-state index >= 15 is 0 Å². The molecule has 0 radical (unpaired) electrons. The molecule has 0 aliphatic carbocycles. The number of aromatic nitrogens is 3. The standard InChI is InChI=1S/C17H22N4O3S/c1-12-9-20(7-8-22-12)11-21-17(25)19(2)16(18-21)15-10-23-13-5-3-4-6-14(13)24-15/h3-6,12,15H,7-11H2,1-2H3. The van der Waals surface area contributed by atoms with Crippen molar-refractivity contribution in [1.29, 1.82) is 0 Å². The van der Waals surface area contributed by atoms with Crippen LogP contribution < -0.4 is 9.47 Å². The Kier molecular flexibility index (Phi) is 4.49. The van der Waals surface area contributed by atoms with Gasteiger partial charge in [0.2, 0.25) is 0 Å². The molecule has 2 atom stereocenters. The summed E-state index contributed by atoms with van der Waals surface area (Å²) in [7, 11) is 1.92. The van der Waals surface area contributed by atoms with Gasteiger partial charge in [-0.15, -0.1) is 0 Å². The van der Waals surface area contributed by atoms with E-state index < -0.39 is 0 Å². The molecule has 0 saturated carbocycles. The van der Waals surface area contributed by atoms with Crippen molar-refractivity contribution in [3.63, 3.8) is 0 Å². The van der Waals surface area contributed by atoms with Gasteiger partial charge in [-0.05, 0) is 31.3 Å². The van der Waals surface area contributed by atoms with Crippen LogP contribution in [0.4, 0.5) is 0 Å². The largest absolute Gasteiger partial charge is 0.485 e. The van der Waals surface area contributed by atoms with Crippen LogP contribution in [0.25, 0.3) is 0 Å². The van der Waals surface area contributed by atoms with E-state index in [1.807, 2.05) is 40.6 Å². The lowest BCUT2D eigenvalue weighted by molar-refractivity contribution is -0.0308. The van der Waals surface area contributed by atoms with Crippen molar-refractivity contribution in [2.24, 2.45) is 7.05 Å². The molecule has 4 rings (SSSR count). The van der Waals surface area contributed by atoms with Crippen molar-refractivity contribution in [3.05, 3.63) is 34.9 Å². The lowest BCUT2D eigenvalue weighted by atomic mass is 10.2. The van der Waals surface area contributed by atoms with E-state index in [9.17, 15) is 0 Å². The van der Waals surface area contributed by atoms with Gasteiger partial charge in [-0.25, -0.2) is 4.68 Å². The summed E-state index contributed by atoms with van der Waals surface area (Å²) in [4.78, 5) is 2.30. The summed E-state index contributed by atoms with van der Waals surface area (Å²) in [6, 6.07) is 7.67. The van der Waals surface area contributed by atoms with Crippen LogP contribution in [-0.4, -0.2) is 51.7 Å². The maximum absolute atomic E-state index is 6.07. The summed E-state index contributed by atoms with van der Waals surface area (Å²) < 4.78 is 21.9. The van der Waals surface area contributed by atoms with Gasteiger partial charge in [0, 0.05) is 20.1 Å². The number of morpholine rings is 1. The van der Waals surface area contributed by atoms with Gasteiger partial charge in [-0.2, -0.15) is 5.10 Å². The normalized spacial score (nSPS) is 23.6. The fourth-order valence-corrected chi connectivity index (χ4v) is 3.42. The summed E-state index contributed by atoms with van der Waals surface area (Å²) in [5.74, 6) is 2.28. The minimum Gasteiger partial charge on any atom is -0.485 e. The third kappa shape index (κ3) is 3.29. The quantitative estimate of drug-likeness (QED) is 0.780. The van der Waals surface area contributed by atoms with Crippen LogP contribution >= 0.6 is 12.2 Å². The van der Waals surface area contributed by atoms with Crippen LogP contribution in [0, 0.1) is 4.77 Å². The number of hydrogen-bond donors (Lipinski definition) is 0. The molecule has 2 aromatic rings. The molecule has 2 aliphatic rings. The molecule has 0 N–H and O–H groups in total. The number of fused-ring (bicyclic) bond motifs is 1. The number of benzene rings is 1. The zero-order chi connectivity index (χ0) is 17.4. The molecule has 134 valence electrons. The number of para-hydroxylation sites is 2. The van der Waals surface area contributed by atoms with E-state index in [-0.39, 0.29) is 12.2 Å². The first-order valence-electron chi connectivity index (χ1n) is 8.48. The molecule has 3 heterocycles. The molecule has 2 aliphatic heterocycles. The smallest absolute Gasteiger partial charge is 0.198 e. The molecule has 7 nitrogen and oxygen atoms in total. The van der Waals surface area contributed by atoms with E-state index in [1.165, 1.54) is 0 Å². The highest BCUT2D eigenvalue weighted by atomic mass is 32.1. The van der Waals surface area contributed by atoms with Crippen molar-refractivity contribution in [1.82, 2.24) is 19.2 Å². The summed E-state index contributed by atoms with van der Waals surface area (Å²) in [5, 5.41) is 4.71. The second kappa shape index (κ2) is 6.78. The van der Waals surface area contributed by atoms with E-state index in [0.717, 1.165) is 37.0 Å². The van der Waals surface area contributed by atoms with Crippen molar-refractivity contribution in [3.8, 4) is 11.5 Å². The van der Waals surface area contributed by atoms with Crippen LogP contribution in [0.1, 0.15) is 18.9 Å². The van der Waals surface area contributed by atoms with E-state index in [1.54, 1.807) is 0 Å². The van der Waals surface area contributed by atoms with Crippen LogP contribution in [0.3, 0.4) is 0 Å². The zero-order valence-electron chi connectivity index (χ0n) is 14.4. The van der Waals surface area contributed by atoms with Crippen LogP contribution in [-0.2, 0) is 18.5 Å². The monoisotopic (exact) mass is 362 g/mol. The summed E-state index contributed by atoms with van der Waals surface area (Å²) in [5.41, 5.74) is 0. The van der Waals surface area contributed by atoms with E-state index in [4.69, 9.17) is 31.5 Å². The molecule has 1 fully saturated rings. The van der Waals surface area contributed by atoms with Gasteiger partial charge in [0.15, 0.2) is 28.2 Å². The minimum atomic E-state index is -0.272. The lowest BCUT2D eigenvalue weighted by Crippen LogP contribution is -2.42. The Balaban J connectivity index is 1.54. The highest BCUT2D eigenvalue weighted by Gasteiger charge is 2.27. The first-order valence-corrected chi connectivity index (χ1v) is 8.89. The Morgan fingerprint density at radius 2 is 2.08 bits per heavy atom. The van der Waals surface area contributed by atoms with E-state index in [2.05, 4.69) is 11.8 Å². The average molecular weight is 362 g/mol. The van der Waals surface area contributed by atoms with Crippen molar-refractivity contribution < 1.29 is 14.2 Å². The molecule has 0 amide bonds. The third-order valence-corrected chi connectivity index (χ3v) is 5.01. The van der Waals surface area contributed by atoms with Gasteiger partial charge in [0.1, 0.15) is 6.61 Å². The second-order valence-electron chi connectivity index (χ2n) is 6.46. The molecule has 1 saturated heterocycles. The Bertz CT molecular complexity index is 818. The predicted octanol–water partition coefficient (Wildman–Crippen LogP) is 2.14. The number of rotatable bonds is 3. The maximum Gasteiger partial charge on any atom is 0.198 e. The third-order valence-electron chi connectivity index (χ3n) is 4.53. The van der Waals surface area contributed by atoms with Gasteiger partial charge in [-0.3, -0.25) is 4.90 Å². The van der Waals surface area contributed by atoms with Gasteiger partial charge < -0.3 is 18.8 Å². The number of ether oxygens (including phenoxy) is 3. The molecule has 0 spiro atoms. The number of hydrogen-bond acceptors (Lipinski definition) is 6. The average Bonchev–Trinajstić information content (AvgIpc) is 2.90. The van der Waals surface area contributed by atoms with Crippen molar-refractivity contribution in [2.45, 2.75) is 25.8 Å². The summed E-state index contributed by atoms with van der Waals surface area (Å²) in [6.07, 6.45) is -0.0378. The Labute approximate surface area is 151 Å². The van der Waals surface area contributed by atoms with Crippen molar-refractivity contribution >= 4 is 12.2 Å². The molecular formula is C17H22N4O3S.